The number of aliphatic hydroxyl groups excluding tert-OH is 1. The number of carbonyl (C=O) groups is 4. The lowest BCUT2D eigenvalue weighted by Gasteiger charge is -2.52. The van der Waals surface area contributed by atoms with Crippen LogP contribution in [-0.2, 0) is 25.7 Å². The average molecular weight is 937 g/mol. The number of likely N-dealkylation sites (tertiary alicyclic amines) is 1. The number of β-amino-alcohol motifs (C(OH)–C–C–N with tert-alkyl or cyclic N) is 1. The molecule has 4 fully saturated rings. The van der Waals surface area contributed by atoms with Gasteiger partial charge in [-0.25, -0.2) is 4.98 Å². The summed E-state index contributed by atoms with van der Waals surface area (Å²) >= 11 is 1.56. The Labute approximate surface area is 390 Å². The first-order chi connectivity index (χ1) is 31.8. The van der Waals surface area contributed by atoms with Crippen LogP contribution in [0.3, 0.4) is 0 Å². The molecular formula is C50H54F2N6O8S. The number of hydrogen-bond acceptors (Lipinski definition) is 11. The number of aryl methyl sites for hydroxylation is 2. The zero-order chi connectivity index (χ0) is 47.6. The molecule has 352 valence electrons. The molecule has 5 aromatic rings. The van der Waals surface area contributed by atoms with Gasteiger partial charge in [0.25, 0.3) is 0 Å². The molecule has 2 aromatic heterocycles. The van der Waals surface area contributed by atoms with Gasteiger partial charge in [-0.2, -0.15) is 0 Å². The van der Waals surface area contributed by atoms with Crippen LogP contribution in [0.5, 0.6) is 17.2 Å². The van der Waals surface area contributed by atoms with Gasteiger partial charge in [-0.05, 0) is 104 Å². The lowest BCUT2D eigenvalue weighted by atomic mass is 9.53. The Morgan fingerprint density at radius 2 is 1.55 bits per heavy atom. The third-order valence-corrected chi connectivity index (χ3v) is 15.3. The molecular weight excluding hydrogens is 883 g/mol. The van der Waals surface area contributed by atoms with E-state index in [0.717, 1.165) is 27.3 Å². The Morgan fingerprint density at radius 3 is 2.19 bits per heavy atom. The molecule has 3 saturated carbocycles. The molecule has 0 spiro atoms. The van der Waals surface area contributed by atoms with Gasteiger partial charge in [0, 0.05) is 47.5 Å². The Bertz CT molecular complexity index is 2750. The summed E-state index contributed by atoms with van der Waals surface area (Å²) in [6.07, 6.45) is -1.00. The number of carbonyl (C=O) groups excluding carboxylic acids is 4. The molecule has 14 nitrogen and oxygen atoms in total. The molecule has 1 saturated heterocycles. The van der Waals surface area contributed by atoms with Gasteiger partial charge in [-0.1, -0.05) is 57.2 Å². The Hall–Kier alpha value is -6.20. The maximum atomic E-state index is 14.7. The number of pyridine rings is 1. The van der Waals surface area contributed by atoms with Gasteiger partial charge in [-0.3, -0.25) is 24.2 Å². The van der Waals surface area contributed by atoms with Crippen LogP contribution in [-0.4, -0.2) is 79.7 Å². The number of amides is 4. The SMILES string of the molecule is Cc1ncsc1-c1ccc(CNC(=O)[C@H]2C[C@H](O)CN2C(=O)[C@H](NC(=O)C23CCC(C(=O)NC(c4ccc5c(c4)OC(F)(F)O5)c4cc(C)c5cccnc5c4O)(CC2)CC3)C(C)(C)C)cc1. The van der Waals surface area contributed by atoms with Crippen LogP contribution in [0.25, 0.3) is 21.3 Å². The second-order valence-corrected chi connectivity index (χ2v) is 20.6. The van der Waals surface area contributed by atoms with E-state index in [2.05, 4.69) is 30.7 Å². The topological polar surface area (TPSA) is 192 Å². The summed E-state index contributed by atoms with van der Waals surface area (Å²) in [7, 11) is 0. The second kappa shape index (κ2) is 17.1. The summed E-state index contributed by atoms with van der Waals surface area (Å²) < 4.78 is 37.6. The third kappa shape index (κ3) is 8.67. The number of aromatic nitrogens is 2. The lowest BCUT2D eigenvalue weighted by molar-refractivity contribution is -0.286. The van der Waals surface area contributed by atoms with Gasteiger partial charge < -0.3 is 40.5 Å². The highest BCUT2D eigenvalue weighted by Gasteiger charge is 2.57. The number of ether oxygens (including phenoxy) is 2. The van der Waals surface area contributed by atoms with Crippen LogP contribution in [0.1, 0.15) is 99.7 Å². The summed E-state index contributed by atoms with van der Waals surface area (Å²) in [6.45, 7) is 9.51. The average Bonchev–Trinajstić information content (AvgIpc) is 4.02. The minimum atomic E-state index is -3.86. The smallest absolute Gasteiger partial charge is 0.505 e. The molecule has 4 amide bonds. The predicted octanol–water partition coefficient (Wildman–Crippen LogP) is 7.36. The number of phenolic OH excluding ortho intramolecular Hbond substituents is 1. The summed E-state index contributed by atoms with van der Waals surface area (Å²) in [5, 5.41) is 32.3. The first-order valence-corrected chi connectivity index (χ1v) is 23.5. The van der Waals surface area contributed by atoms with Gasteiger partial charge in [0.15, 0.2) is 11.5 Å². The number of phenols is 1. The molecule has 3 aromatic carbocycles. The third-order valence-electron chi connectivity index (χ3n) is 14.3. The largest absolute Gasteiger partial charge is 0.586 e. The number of alkyl halides is 2. The van der Waals surface area contributed by atoms with E-state index in [1.54, 1.807) is 35.2 Å². The number of aliphatic hydroxyl groups is 1. The van der Waals surface area contributed by atoms with Gasteiger partial charge in [-0.15, -0.1) is 20.1 Å². The molecule has 3 aliphatic carbocycles. The van der Waals surface area contributed by atoms with Gasteiger partial charge >= 0.3 is 6.29 Å². The maximum absolute atomic E-state index is 14.7. The number of fused-ring (bicyclic) bond motifs is 5. The molecule has 67 heavy (non-hydrogen) atoms. The molecule has 4 atom stereocenters. The summed E-state index contributed by atoms with van der Waals surface area (Å²) in [5.41, 5.74) is 3.91. The van der Waals surface area contributed by atoms with Crippen LogP contribution in [0.2, 0.25) is 0 Å². The van der Waals surface area contributed by atoms with E-state index in [9.17, 15) is 38.2 Å². The van der Waals surface area contributed by atoms with Crippen LogP contribution >= 0.6 is 11.3 Å². The monoisotopic (exact) mass is 936 g/mol. The highest BCUT2D eigenvalue weighted by Crippen LogP contribution is 2.58. The van der Waals surface area contributed by atoms with E-state index >= 15 is 0 Å². The van der Waals surface area contributed by atoms with Crippen molar-refractivity contribution in [3.05, 3.63) is 100 Å². The van der Waals surface area contributed by atoms with E-state index in [4.69, 9.17) is 4.74 Å². The normalized spacial score (nSPS) is 23.7. The summed E-state index contributed by atoms with van der Waals surface area (Å²) in [5.74, 6) is -2.02. The molecule has 5 aliphatic rings. The van der Waals surface area contributed by atoms with Gasteiger partial charge in [0.1, 0.15) is 23.3 Å². The molecule has 1 unspecified atom stereocenters. The molecule has 10 rings (SSSR count). The van der Waals surface area contributed by atoms with Crippen molar-refractivity contribution >= 4 is 45.9 Å². The number of rotatable bonds is 11. The fourth-order valence-corrected chi connectivity index (χ4v) is 11.2. The van der Waals surface area contributed by atoms with Crippen molar-refractivity contribution in [2.24, 2.45) is 16.2 Å². The van der Waals surface area contributed by atoms with E-state index in [0.29, 0.717) is 60.6 Å². The van der Waals surface area contributed by atoms with Crippen molar-refractivity contribution in [2.45, 2.75) is 117 Å². The molecule has 4 heterocycles. The van der Waals surface area contributed by atoms with Crippen molar-refractivity contribution < 1.29 is 47.6 Å². The highest BCUT2D eigenvalue weighted by molar-refractivity contribution is 7.13. The van der Waals surface area contributed by atoms with Crippen molar-refractivity contribution in [1.29, 1.82) is 0 Å². The molecule has 2 bridgehead atoms. The molecule has 0 radical (unpaired) electrons. The van der Waals surface area contributed by atoms with Crippen LogP contribution in [0, 0.1) is 30.1 Å². The number of nitrogens with one attached hydrogen (secondary N) is 3. The number of benzene rings is 3. The number of nitrogens with zero attached hydrogens (tertiary/aromatic N) is 3. The van der Waals surface area contributed by atoms with Crippen molar-refractivity contribution in [2.75, 3.05) is 6.54 Å². The summed E-state index contributed by atoms with van der Waals surface area (Å²) in [4.78, 5) is 68.6. The lowest BCUT2D eigenvalue weighted by Crippen LogP contribution is -2.61. The van der Waals surface area contributed by atoms with Gasteiger partial charge in [0.2, 0.25) is 23.6 Å². The minimum absolute atomic E-state index is 0.0577. The minimum Gasteiger partial charge on any atom is -0.505 e. The Morgan fingerprint density at radius 1 is 0.896 bits per heavy atom. The van der Waals surface area contributed by atoms with E-state index in [1.165, 1.54) is 23.1 Å². The van der Waals surface area contributed by atoms with Crippen LogP contribution < -0.4 is 25.4 Å². The number of thiazole rings is 1. The summed E-state index contributed by atoms with van der Waals surface area (Å²) in [6, 6.07) is 14.4. The zero-order valence-electron chi connectivity index (χ0n) is 38.0. The first-order valence-electron chi connectivity index (χ1n) is 22.6. The van der Waals surface area contributed by atoms with Crippen molar-refractivity contribution in [3.63, 3.8) is 0 Å². The fraction of sp³-hybridized carbons (Fsp3) is 0.440. The second-order valence-electron chi connectivity index (χ2n) is 19.7. The van der Waals surface area contributed by atoms with Gasteiger partial charge in [0.05, 0.1) is 28.2 Å². The van der Waals surface area contributed by atoms with E-state index in [1.807, 2.05) is 65.0 Å². The van der Waals surface area contributed by atoms with Crippen molar-refractivity contribution in [1.82, 2.24) is 30.8 Å². The predicted molar refractivity (Wildman–Crippen MR) is 245 cm³/mol. The standard InChI is InChI=1S/C50H54F2N6O8S/c1-27-21-34(40(60)39-33(27)7-6-20-53-39)38(31-12-13-36-37(22-31)66-50(51,52)65-36)56-45(63)48-14-17-49(18-15-48,19-16-48)46(64)57-42(47(3,4)5)44(62)58-25-32(59)23-35(58)43(61)54-24-29-8-10-30(11-9-29)41-28(2)55-26-67-41/h6-13,20-22,26,32,35,38,42,59-60H,14-19,23-25H2,1-5H3,(H,54,61)(H,56,63)(H,57,64)/t32-,35+,38?,42-,48?,49?/m0/s1. The maximum Gasteiger partial charge on any atom is 0.586 e. The molecule has 5 N–H and O–H groups in total. The first kappa shape index (κ1) is 45.9. The van der Waals surface area contributed by atoms with Crippen LogP contribution in [0.4, 0.5) is 8.78 Å². The zero-order valence-corrected chi connectivity index (χ0v) is 38.8. The van der Waals surface area contributed by atoms with Crippen molar-refractivity contribution in [3.8, 4) is 27.7 Å². The van der Waals surface area contributed by atoms with E-state index in [-0.39, 0.29) is 48.6 Å². The molecule has 17 heteroatoms. The quantitative estimate of drug-likeness (QED) is 0.0895. The Balaban J connectivity index is 0.885. The fourth-order valence-electron chi connectivity index (χ4n) is 10.3. The number of halogens is 2. The van der Waals surface area contributed by atoms with E-state index < -0.39 is 58.6 Å². The van der Waals surface area contributed by atoms with Crippen LogP contribution in [0.15, 0.2) is 72.4 Å². The highest BCUT2D eigenvalue weighted by atomic mass is 32.1. The molecule has 2 aliphatic heterocycles. The number of aromatic hydroxyl groups is 1. The number of hydrogen-bond donors (Lipinski definition) is 5. The Kier molecular flexibility index (Phi) is 11.8.